The summed E-state index contributed by atoms with van der Waals surface area (Å²) in [5.74, 6) is 1.38. The zero-order valence-corrected chi connectivity index (χ0v) is 15.8. The summed E-state index contributed by atoms with van der Waals surface area (Å²) >= 11 is 0. The lowest BCUT2D eigenvalue weighted by Gasteiger charge is -2.18. The highest BCUT2D eigenvalue weighted by atomic mass is 16.5. The summed E-state index contributed by atoms with van der Waals surface area (Å²) in [7, 11) is 0. The van der Waals surface area contributed by atoms with Gasteiger partial charge in [0, 0.05) is 25.3 Å². The van der Waals surface area contributed by atoms with E-state index in [-0.39, 0.29) is 18.2 Å². The fraction of sp³-hybridized carbons (Fsp3) is 0.174. The number of nitrogens with one attached hydrogen (secondary N) is 1. The Morgan fingerprint density at radius 3 is 2.24 bits per heavy atom. The second-order valence-electron chi connectivity index (χ2n) is 6.67. The van der Waals surface area contributed by atoms with E-state index in [1.165, 1.54) is 11.1 Å². The zero-order chi connectivity index (χ0) is 19.9. The molecule has 2 aromatic carbocycles. The molecule has 146 valence electrons. The highest BCUT2D eigenvalue weighted by molar-refractivity contribution is 5.76. The highest BCUT2D eigenvalue weighted by Crippen LogP contribution is 2.23. The molecule has 2 aromatic heterocycles. The van der Waals surface area contributed by atoms with E-state index in [0.29, 0.717) is 30.4 Å². The first-order chi connectivity index (χ1) is 14.3. The van der Waals surface area contributed by atoms with Gasteiger partial charge in [-0.15, -0.1) is 0 Å². The number of carbonyl (C=O) groups is 1. The maximum Gasteiger partial charge on any atom is 0.238 e. The third-order valence-electron chi connectivity index (χ3n) is 4.68. The molecule has 6 nitrogen and oxygen atoms in total. The average Bonchev–Trinajstić information content (AvgIpc) is 3.46. The smallest absolute Gasteiger partial charge is 0.238 e. The molecule has 1 N–H and O–H groups in total. The molecule has 0 spiro atoms. The van der Waals surface area contributed by atoms with Crippen molar-refractivity contribution >= 4 is 5.91 Å². The van der Waals surface area contributed by atoms with Crippen molar-refractivity contribution in [1.82, 2.24) is 15.5 Å². The van der Waals surface area contributed by atoms with Crippen molar-refractivity contribution in [3.63, 3.8) is 0 Å². The molecule has 0 bridgehead atoms. The lowest BCUT2D eigenvalue weighted by molar-refractivity contribution is -0.121. The fourth-order valence-electron chi connectivity index (χ4n) is 3.19. The summed E-state index contributed by atoms with van der Waals surface area (Å²) in [6, 6.07) is 23.9. The molecule has 0 aliphatic heterocycles. The largest absolute Gasteiger partial charge is 0.461 e. The molecular weight excluding hydrogens is 366 g/mol. The molecule has 0 aliphatic rings. The molecule has 0 aliphatic carbocycles. The molecular formula is C23H21N3O3. The third kappa shape index (κ3) is 4.79. The number of rotatable bonds is 8. The van der Waals surface area contributed by atoms with Gasteiger partial charge in [0.15, 0.2) is 5.76 Å². The van der Waals surface area contributed by atoms with Crippen LogP contribution in [0.25, 0.3) is 11.6 Å². The van der Waals surface area contributed by atoms with Gasteiger partial charge in [0.1, 0.15) is 0 Å². The van der Waals surface area contributed by atoms with Gasteiger partial charge in [0.25, 0.3) is 0 Å². The Bertz CT molecular complexity index is 988. The first-order valence-electron chi connectivity index (χ1n) is 9.52. The minimum absolute atomic E-state index is 0.0559. The second-order valence-corrected chi connectivity index (χ2v) is 6.67. The number of benzene rings is 2. The van der Waals surface area contributed by atoms with Gasteiger partial charge in [-0.1, -0.05) is 65.8 Å². The lowest BCUT2D eigenvalue weighted by atomic mass is 9.91. The molecule has 4 aromatic rings. The van der Waals surface area contributed by atoms with Crippen LogP contribution in [0.4, 0.5) is 0 Å². The van der Waals surface area contributed by atoms with E-state index in [1.807, 2.05) is 36.4 Å². The molecule has 4 rings (SSSR count). The number of hydrogen-bond donors (Lipinski definition) is 1. The van der Waals surface area contributed by atoms with E-state index >= 15 is 0 Å². The minimum atomic E-state index is -0.0559. The van der Waals surface area contributed by atoms with Gasteiger partial charge in [0.2, 0.25) is 17.6 Å². The Hall–Kier alpha value is -3.67. The van der Waals surface area contributed by atoms with Crippen molar-refractivity contribution in [2.75, 3.05) is 6.54 Å². The Kier molecular flexibility index (Phi) is 5.81. The van der Waals surface area contributed by atoms with Crippen molar-refractivity contribution in [2.24, 2.45) is 0 Å². The zero-order valence-electron chi connectivity index (χ0n) is 15.8. The summed E-state index contributed by atoms with van der Waals surface area (Å²) in [6.45, 7) is 0.522. The third-order valence-corrected chi connectivity index (χ3v) is 4.68. The number of hydrogen-bond acceptors (Lipinski definition) is 5. The van der Waals surface area contributed by atoms with Crippen molar-refractivity contribution in [3.8, 4) is 11.6 Å². The van der Waals surface area contributed by atoms with E-state index in [2.05, 4.69) is 39.7 Å². The lowest BCUT2D eigenvalue weighted by Crippen LogP contribution is -2.29. The number of carbonyl (C=O) groups excluding carboxylic acids is 1. The molecule has 0 saturated heterocycles. The first-order valence-corrected chi connectivity index (χ1v) is 9.52. The highest BCUT2D eigenvalue weighted by Gasteiger charge is 2.16. The summed E-state index contributed by atoms with van der Waals surface area (Å²) in [6.07, 6.45) is 2.20. The molecule has 29 heavy (non-hydrogen) atoms. The van der Waals surface area contributed by atoms with Crippen molar-refractivity contribution < 1.29 is 13.7 Å². The van der Waals surface area contributed by atoms with Crippen LogP contribution < -0.4 is 5.32 Å². The van der Waals surface area contributed by atoms with Crippen LogP contribution in [0.1, 0.15) is 29.4 Å². The molecule has 1 amide bonds. The van der Waals surface area contributed by atoms with Gasteiger partial charge in [-0.3, -0.25) is 4.79 Å². The van der Waals surface area contributed by atoms with Crippen LogP contribution >= 0.6 is 0 Å². The fourth-order valence-corrected chi connectivity index (χ4v) is 3.19. The first kappa shape index (κ1) is 18.7. The summed E-state index contributed by atoms with van der Waals surface area (Å²) < 4.78 is 10.4. The van der Waals surface area contributed by atoms with Gasteiger partial charge in [-0.25, -0.2) is 0 Å². The molecule has 2 heterocycles. The maximum atomic E-state index is 12.4. The Balaban J connectivity index is 1.35. The van der Waals surface area contributed by atoms with Crippen LogP contribution in [-0.4, -0.2) is 22.6 Å². The number of nitrogens with zero attached hydrogens (tertiary/aromatic N) is 2. The van der Waals surface area contributed by atoms with Gasteiger partial charge in [-0.2, -0.15) is 4.98 Å². The second kappa shape index (κ2) is 9.01. The van der Waals surface area contributed by atoms with Gasteiger partial charge in [0.05, 0.1) is 6.26 Å². The van der Waals surface area contributed by atoms with E-state index in [4.69, 9.17) is 8.94 Å². The molecule has 0 radical (unpaired) electrons. The summed E-state index contributed by atoms with van der Waals surface area (Å²) in [5, 5.41) is 6.92. The Morgan fingerprint density at radius 2 is 1.62 bits per heavy atom. The van der Waals surface area contributed by atoms with Crippen molar-refractivity contribution in [2.45, 2.75) is 18.8 Å². The Morgan fingerprint density at radius 1 is 0.931 bits per heavy atom. The van der Waals surface area contributed by atoms with Crippen LogP contribution in [-0.2, 0) is 11.2 Å². The monoisotopic (exact) mass is 387 g/mol. The molecule has 0 saturated carbocycles. The van der Waals surface area contributed by atoms with Crippen molar-refractivity contribution in [1.29, 1.82) is 0 Å². The standard InChI is InChI=1S/C23H21N3O3/c27-21(13-14-22-25-23(26-29-22)20-12-7-15-28-20)24-16-19(17-8-3-1-4-9-17)18-10-5-2-6-11-18/h1-12,15,19H,13-14,16H2,(H,24,27). The normalized spacial score (nSPS) is 10.9. The quantitative estimate of drug-likeness (QED) is 0.490. The van der Waals surface area contributed by atoms with Crippen LogP contribution in [0.5, 0.6) is 0 Å². The number of furan rings is 1. The van der Waals surface area contributed by atoms with Crippen LogP contribution in [0.15, 0.2) is 88.0 Å². The number of aryl methyl sites for hydroxylation is 1. The predicted octanol–water partition coefficient (Wildman–Crippen LogP) is 4.21. The molecule has 0 unspecified atom stereocenters. The Labute approximate surface area is 168 Å². The summed E-state index contributed by atoms with van der Waals surface area (Å²) in [4.78, 5) is 16.7. The minimum Gasteiger partial charge on any atom is -0.461 e. The number of aromatic nitrogens is 2. The number of amides is 1. The van der Waals surface area contributed by atoms with E-state index in [9.17, 15) is 4.79 Å². The van der Waals surface area contributed by atoms with Gasteiger partial charge >= 0.3 is 0 Å². The van der Waals surface area contributed by atoms with E-state index in [1.54, 1.807) is 18.4 Å². The average molecular weight is 387 g/mol. The van der Waals surface area contributed by atoms with Crippen LogP contribution in [0.2, 0.25) is 0 Å². The molecule has 6 heteroatoms. The van der Waals surface area contributed by atoms with Crippen molar-refractivity contribution in [3.05, 3.63) is 96.1 Å². The predicted molar refractivity (Wildman–Crippen MR) is 108 cm³/mol. The van der Waals surface area contributed by atoms with Gasteiger partial charge < -0.3 is 14.3 Å². The van der Waals surface area contributed by atoms with Crippen LogP contribution in [0.3, 0.4) is 0 Å². The SMILES string of the molecule is O=C(CCc1nc(-c2ccco2)no1)NCC(c1ccccc1)c1ccccc1. The maximum absolute atomic E-state index is 12.4. The molecule has 0 atom stereocenters. The van der Waals surface area contributed by atoms with Crippen LogP contribution in [0, 0.1) is 0 Å². The molecule has 0 fully saturated rings. The van der Waals surface area contributed by atoms with E-state index in [0.717, 1.165) is 0 Å². The van der Waals surface area contributed by atoms with E-state index < -0.39 is 0 Å². The summed E-state index contributed by atoms with van der Waals surface area (Å²) in [5.41, 5.74) is 2.33. The van der Waals surface area contributed by atoms with Gasteiger partial charge in [-0.05, 0) is 23.3 Å². The topological polar surface area (TPSA) is 81.2 Å².